The van der Waals surface area contributed by atoms with Gasteiger partial charge in [-0.15, -0.1) is 0 Å². The molecule has 0 atom stereocenters. The van der Waals surface area contributed by atoms with Crippen molar-refractivity contribution in [1.29, 1.82) is 0 Å². The van der Waals surface area contributed by atoms with E-state index in [1.165, 1.54) is 6.08 Å². The van der Waals surface area contributed by atoms with E-state index in [1.54, 1.807) is 18.2 Å². The van der Waals surface area contributed by atoms with Crippen molar-refractivity contribution in [3.63, 3.8) is 0 Å². The second-order valence-corrected chi connectivity index (χ2v) is 4.61. The highest BCUT2D eigenvalue weighted by Gasteiger charge is 2.03. The van der Waals surface area contributed by atoms with E-state index in [-0.39, 0.29) is 6.61 Å². The Morgan fingerprint density at radius 1 is 1.59 bits per heavy atom. The molecule has 0 radical (unpaired) electrons. The lowest BCUT2D eigenvalue weighted by molar-refractivity contribution is -0.131. The van der Waals surface area contributed by atoms with Crippen LogP contribution in [0.15, 0.2) is 40.4 Å². The first kappa shape index (κ1) is 13.8. The van der Waals surface area contributed by atoms with Crippen LogP contribution in [0.3, 0.4) is 0 Å². The van der Waals surface area contributed by atoms with Gasteiger partial charge in [-0.25, -0.2) is 4.79 Å². The molecule has 0 heterocycles. The third-order valence-corrected chi connectivity index (χ3v) is 2.36. The average Bonchev–Trinajstić information content (AvgIpc) is 2.24. The minimum absolute atomic E-state index is 0.178. The molecule has 1 aromatic carbocycles. The van der Waals surface area contributed by atoms with Crippen molar-refractivity contribution in [2.24, 2.45) is 0 Å². The van der Waals surface area contributed by atoms with Gasteiger partial charge in [-0.2, -0.15) is 0 Å². The molecule has 0 aliphatic carbocycles. The summed E-state index contributed by atoms with van der Waals surface area (Å²) in [5.74, 6) is -0.467. The van der Waals surface area contributed by atoms with Crippen molar-refractivity contribution in [1.82, 2.24) is 0 Å². The first-order chi connectivity index (χ1) is 7.99. The fourth-order valence-corrected chi connectivity index (χ4v) is 1.53. The molecule has 0 aliphatic rings. The lowest BCUT2D eigenvalue weighted by atomic mass is 10.2. The smallest absolute Gasteiger partial charge is 0.328 e. The van der Waals surface area contributed by atoms with Crippen molar-refractivity contribution in [2.45, 2.75) is 0 Å². The fourth-order valence-electron chi connectivity index (χ4n) is 1.10. The molecule has 1 N–H and O–H groups in total. The van der Waals surface area contributed by atoms with E-state index in [1.807, 2.05) is 0 Å². The van der Waals surface area contributed by atoms with E-state index >= 15 is 0 Å². The van der Waals surface area contributed by atoms with Gasteiger partial charge in [0.2, 0.25) is 0 Å². The van der Waals surface area contributed by atoms with Gasteiger partial charge in [-0.3, -0.25) is 0 Å². The molecule has 3 nitrogen and oxygen atoms in total. The summed E-state index contributed by atoms with van der Waals surface area (Å²) in [7, 11) is 0. The average molecular weight is 318 g/mol. The molecule has 0 bridgehead atoms. The summed E-state index contributed by atoms with van der Waals surface area (Å²) in [6.07, 6.45) is 2.50. The Morgan fingerprint density at radius 2 is 2.29 bits per heavy atom. The maximum atomic E-state index is 10.5. The number of rotatable bonds is 5. The molecule has 0 unspecified atom stereocenters. The highest BCUT2D eigenvalue weighted by molar-refractivity contribution is 9.10. The minimum atomic E-state index is -1.02. The molecule has 90 valence electrons. The largest absolute Gasteiger partial charge is 0.487 e. The number of hydrogen-bond acceptors (Lipinski definition) is 2. The quantitative estimate of drug-likeness (QED) is 0.843. The predicted molar refractivity (Wildman–Crippen MR) is 71.3 cm³/mol. The molecule has 5 heteroatoms. The third kappa shape index (κ3) is 5.06. The second-order valence-electron chi connectivity index (χ2n) is 3.16. The zero-order chi connectivity index (χ0) is 12.8. The normalized spacial score (nSPS) is 10.5. The number of benzene rings is 1. The Kier molecular flexibility index (Phi) is 5.25. The lowest BCUT2D eigenvalue weighted by Gasteiger charge is -2.08. The lowest BCUT2D eigenvalue weighted by Crippen LogP contribution is -1.98. The van der Waals surface area contributed by atoms with Gasteiger partial charge < -0.3 is 9.84 Å². The summed E-state index contributed by atoms with van der Waals surface area (Å²) < 4.78 is 6.22. The van der Waals surface area contributed by atoms with Gasteiger partial charge in [0.1, 0.15) is 12.4 Å². The molecule has 0 aliphatic heterocycles. The Bertz CT molecular complexity index is 469. The van der Waals surface area contributed by atoms with Crippen molar-refractivity contribution in [3.05, 3.63) is 45.9 Å². The van der Waals surface area contributed by atoms with Crippen molar-refractivity contribution in [3.8, 4) is 5.75 Å². The minimum Gasteiger partial charge on any atom is -0.487 e. The third-order valence-electron chi connectivity index (χ3n) is 1.76. The topological polar surface area (TPSA) is 46.5 Å². The first-order valence-electron chi connectivity index (χ1n) is 4.65. The van der Waals surface area contributed by atoms with E-state index < -0.39 is 5.97 Å². The van der Waals surface area contributed by atoms with Crippen LogP contribution >= 0.6 is 27.5 Å². The summed E-state index contributed by atoms with van der Waals surface area (Å²) in [5, 5.41) is 8.95. The monoisotopic (exact) mass is 316 g/mol. The highest BCUT2D eigenvalue weighted by atomic mass is 79.9. The van der Waals surface area contributed by atoms with Crippen LogP contribution < -0.4 is 4.74 Å². The summed E-state index contributed by atoms with van der Waals surface area (Å²) in [4.78, 5) is 10.5. The maximum absolute atomic E-state index is 10.5. The Morgan fingerprint density at radius 3 is 2.88 bits per heavy atom. The molecule has 0 saturated heterocycles. The van der Waals surface area contributed by atoms with Crippen LogP contribution in [0, 0.1) is 0 Å². The van der Waals surface area contributed by atoms with Crippen LogP contribution in [0.25, 0.3) is 6.08 Å². The molecular formula is C12H10BrClO3. The molecule has 0 spiro atoms. The first-order valence-corrected chi connectivity index (χ1v) is 5.83. The van der Waals surface area contributed by atoms with Crippen LogP contribution in [-0.2, 0) is 4.79 Å². The van der Waals surface area contributed by atoms with Gasteiger partial charge in [0, 0.05) is 21.1 Å². The van der Waals surface area contributed by atoms with E-state index in [0.717, 1.165) is 10.5 Å². The van der Waals surface area contributed by atoms with Crippen LogP contribution in [0.2, 0.25) is 0 Å². The molecule has 0 saturated carbocycles. The summed E-state index contributed by atoms with van der Waals surface area (Å²) in [6, 6.07) is 5.28. The van der Waals surface area contributed by atoms with Crippen LogP contribution in [0.1, 0.15) is 5.56 Å². The summed E-state index contributed by atoms with van der Waals surface area (Å²) in [5.41, 5.74) is 0.652. The number of hydrogen-bond donors (Lipinski definition) is 1. The number of carboxylic acids is 1. The van der Waals surface area contributed by atoms with Crippen molar-refractivity contribution >= 4 is 39.6 Å². The SMILES string of the molecule is C=C(Cl)COc1ccc(Br)cc1/C=C/C(=O)O. The molecule has 1 rings (SSSR count). The molecule has 0 amide bonds. The van der Waals surface area contributed by atoms with Crippen LogP contribution in [0.5, 0.6) is 5.75 Å². The summed E-state index contributed by atoms with van der Waals surface area (Å²) in [6.45, 7) is 3.69. The van der Waals surface area contributed by atoms with E-state index in [2.05, 4.69) is 22.5 Å². The maximum Gasteiger partial charge on any atom is 0.328 e. The van der Waals surface area contributed by atoms with Gasteiger partial charge in [-0.1, -0.05) is 34.1 Å². The van der Waals surface area contributed by atoms with Gasteiger partial charge in [0.05, 0.1) is 0 Å². The number of carboxylic acid groups (broad SMARTS) is 1. The standard InChI is InChI=1S/C12H10BrClO3/c1-8(14)7-17-11-4-3-10(13)6-9(11)2-5-12(15)16/h2-6H,1,7H2,(H,15,16)/b5-2+. The van der Waals surface area contributed by atoms with E-state index in [0.29, 0.717) is 16.3 Å². The van der Waals surface area contributed by atoms with Gasteiger partial charge in [0.25, 0.3) is 0 Å². The second kappa shape index (κ2) is 6.47. The zero-order valence-electron chi connectivity index (χ0n) is 8.82. The van der Waals surface area contributed by atoms with Gasteiger partial charge in [0.15, 0.2) is 0 Å². The Hall–Kier alpha value is -1.26. The number of aliphatic carboxylic acids is 1. The summed E-state index contributed by atoms with van der Waals surface area (Å²) >= 11 is 8.90. The number of ether oxygens (including phenoxy) is 1. The van der Waals surface area contributed by atoms with Gasteiger partial charge in [-0.05, 0) is 24.3 Å². The molecule has 0 fully saturated rings. The zero-order valence-corrected chi connectivity index (χ0v) is 11.2. The Balaban J connectivity index is 2.95. The van der Waals surface area contributed by atoms with Crippen molar-refractivity contribution in [2.75, 3.05) is 6.61 Å². The number of halogens is 2. The van der Waals surface area contributed by atoms with Gasteiger partial charge >= 0.3 is 5.97 Å². The van der Waals surface area contributed by atoms with E-state index in [9.17, 15) is 4.79 Å². The Labute approximate surface area is 112 Å². The fraction of sp³-hybridized carbons (Fsp3) is 0.0833. The molecule has 17 heavy (non-hydrogen) atoms. The highest BCUT2D eigenvalue weighted by Crippen LogP contribution is 2.25. The molecule has 0 aromatic heterocycles. The van der Waals surface area contributed by atoms with Crippen LogP contribution in [0.4, 0.5) is 0 Å². The van der Waals surface area contributed by atoms with E-state index in [4.69, 9.17) is 21.4 Å². The molecule has 1 aromatic rings. The van der Waals surface area contributed by atoms with Crippen molar-refractivity contribution < 1.29 is 14.6 Å². The molecular weight excluding hydrogens is 307 g/mol. The number of carbonyl (C=O) groups is 1. The predicted octanol–water partition coefficient (Wildman–Crippen LogP) is 3.68. The van der Waals surface area contributed by atoms with Crippen LogP contribution in [-0.4, -0.2) is 17.7 Å².